The second-order valence-corrected chi connectivity index (χ2v) is 1.59. The first-order valence-corrected chi connectivity index (χ1v) is 2.24. The highest BCUT2D eigenvalue weighted by atomic mass is 19.4. The van der Waals surface area contributed by atoms with Crippen LogP contribution < -0.4 is 5.73 Å². The molecule has 52 valence electrons. The predicted molar refractivity (Wildman–Crippen MR) is 27.5 cm³/mol. The monoisotopic (exact) mass is 137 g/mol. The smallest absolute Gasteiger partial charge is 0.317 e. The van der Waals surface area contributed by atoms with Gasteiger partial charge in [0.05, 0.1) is 12.5 Å². The van der Waals surface area contributed by atoms with Crippen LogP contribution in [-0.2, 0) is 0 Å². The number of alkyl halides is 3. The van der Waals surface area contributed by atoms with Crippen LogP contribution in [0.2, 0.25) is 0 Å². The molecule has 0 aliphatic carbocycles. The third-order valence-corrected chi connectivity index (χ3v) is 0.665. The van der Waals surface area contributed by atoms with E-state index in [-0.39, 0.29) is 0 Å². The summed E-state index contributed by atoms with van der Waals surface area (Å²) < 4.78 is 34.0. The summed E-state index contributed by atoms with van der Waals surface area (Å²) in [6.07, 6.45) is -0.748. The first kappa shape index (κ1) is 8.31. The van der Waals surface area contributed by atoms with Crippen molar-refractivity contribution in [3.05, 3.63) is 0 Å². The van der Waals surface area contributed by atoms with Crippen molar-refractivity contribution in [1.82, 2.24) is 0 Å². The molecule has 0 saturated carbocycles. The molecule has 0 fully saturated rings. The molecule has 0 bridgehead atoms. The average Bonchev–Trinajstić information content (AvgIpc) is 1.62. The van der Waals surface area contributed by atoms with Gasteiger partial charge in [0.15, 0.2) is 0 Å². The van der Waals surface area contributed by atoms with Gasteiger partial charge in [-0.3, -0.25) is 0 Å². The van der Waals surface area contributed by atoms with Gasteiger partial charge in [0.2, 0.25) is 0 Å². The Morgan fingerprint density at radius 1 is 1.56 bits per heavy atom. The Balaban J connectivity index is 3.63. The minimum Gasteiger partial charge on any atom is -0.317 e. The van der Waals surface area contributed by atoms with Gasteiger partial charge in [-0.2, -0.15) is 13.2 Å². The lowest BCUT2D eigenvalue weighted by atomic mass is 10.2. The summed E-state index contributed by atoms with van der Waals surface area (Å²) in [5.41, 5.74) is 4.80. The highest BCUT2D eigenvalue weighted by Gasteiger charge is 2.29. The number of hydrogen-bond acceptors (Lipinski definition) is 1. The lowest BCUT2D eigenvalue weighted by Crippen LogP contribution is -2.25. The van der Waals surface area contributed by atoms with Gasteiger partial charge in [0.25, 0.3) is 0 Å². The highest BCUT2D eigenvalue weighted by molar-refractivity contribution is 4.97. The summed E-state index contributed by atoms with van der Waals surface area (Å²) in [6, 6.07) is -1.20. The molecule has 0 heterocycles. The van der Waals surface area contributed by atoms with E-state index in [1.165, 1.54) is 0 Å². The van der Waals surface area contributed by atoms with Crippen LogP contribution in [0, 0.1) is 12.3 Å². The van der Waals surface area contributed by atoms with Crippen molar-refractivity contribution in [3.63, 3.8) is 0 Å². The van der Waals surface area contributed by atoms with Crippen LogP contribution >= 0.6 is 0 Å². The Morgan fingerprint density at radius 2 is 2.00 bits per heavy atom. The number of halogens is 3. The van der Waals surface area contributed by atoms with Crippen molar-refractivity contribution in [2.45, 2.75) is 18.6 Å². The number of rotatable bonds is 1. The molecule has 2 N–H and O–H groups in total. The summed E-state index contributed by atoms with van der Waals surface area (Å²) in [4.78, 5) is 0. The van der Waals surface area contributed by atoms with Crippen molar-refractivity contribution in [2.24, 2.45) is 5.73 Å². The van der Waals surface area contributed by atoms with Crippen LogP contribution in [0.4, 0.5) is 13.2 Å². The molecule has 0 spiro atoms. The maximum absolute atomic E-state index is 11.3. The summed E-state index contributed by atoms with van der Waals surface area (Å²) >= 11 is 0. The predicted octanol–water partition coefficient (Wildman–Crippen LogP) is 0.899. The van der Waals surface area contributed by atoms with E-state index in [2.05, 4.69) is 6.42 Å². The molecule has 0 saturated heterocycles. The third-order valence-electron chi connectivity index (χ3n) is 0.665. The zero-order chi connectivity index (χ0) is 7.49. The van der Waals surface area contributed by atoms with E-state index in [1.54, 1.807) is 5.92 Å². The molecule has 0 radical (unpaired) electrons. The Labute approximate surface area is 51.0 Å². The molecule has 4 heteroatoms. The average molecular weight is 137 g/mol. The largest absolute Gasteiger partial charge is 0.391 e. The lowest BCUT2D eigenvalue weighted by molar-refractivity contribution is -0.135. The van der Waals surface area contributed by atoms with Gasteiger partial charge in [-0.05, 0) is 0 Å². The Bertz CT molecular complexity index is 121. The van der Waals surface area contributed by atoms with Crippen molar-refractivity contribution in [3.8, 4) is 12.3 Å². The molecule has 9 heavy (non-hydrogen) atoms. The van der Waals surface area contributed by atoms with Gasteiger partial charge in [0.1, 0.15) is 0 Å². The van der Waals surface area contributed by atoms with Crippen LogP contribution in [0.15, 0.2) is 0 Å². The van der Waals surface area contributed by atoms with E-state index in [1.807, 2.05) is 0 Å². The van der Waals surface area contributed by atoms with E-state index >= 15 is 0 Å². The van der Waals surface area contributed by atoms with Crippen LogP contribution in [0.5, 0.6) is 0 Å². The number of hydrogen-bond donors (Lipinski definition) is 1. The van der Waals surface area contributed by atoms with E-state index in [9.17, 15) is 13.2 Å². The highest BCUT2D eigenvalue weighted by Crippen LogP contribution is 2.20. The van der Waals surface area contributed by atoms with Crippen molar-refractivity contribution < 1.29 is 13.2 Å². The maximum Gasteiger partial charge on any atom is 0.391 e. The van der Waals surface area contributed by atoms with E-state index in [0.717, 1.165) is 0 Å². The molecule has 0 aromatic rings. The summed E-state index contributed by atoms with van der Waals surface area (Å²) in [5, 5.41) is 0. The molecular formula is C5H6F3N. The minimum absolute atomic E-state index is 1.11. The van der Waals surface area contributed by atoms with Gasteiger partial charge in [-0.1, -0.05) is 5.92 Å². The van der Waals surface area contributed by atoms with Gasteiger partial charge in [0, 0.05) is 0 Å². The SMILES string of the molecule is C#CC(N)CC(F)(F)F. The molecule has 1 unspecified atom stereocenters. The molecule has 0 aromatic heterocycles. The van der Waals surface area contributed by atoms with Crippen LogP contribution in [0.25, 0.3) is 0 Å². The molecule has 0 rings (SSSR count). The van der Waals surface area contributed by atoms with Crippen molar-refractivity contribution in [2.75, 3.05) is 0 Å². The molecule has 1 nitrogen and oxygen atoms in total. The number of nitrogens with two attached hydrogens (primary N) is 1. The fraction of sp³-hybridized carbons (Fsp3) is 0.600. The standard InChI is InChI=1S/C5H6F3N/c1-2-4(9)3-5(6,7)8/h1,4H,3,9H2. The van der Waals surface area contributed by atoms with Crippen molar-refractivity contribution >= 4 is 0 Å². The quantitative estimate of drug-likeness (QED) is 0.534. The Morgan fingerprint density at radius 3 is 2.11 bits per heavy atom. The summed E-state index contributed by atoms with van der Waals surface area (Å²) in [6.45, 7) is 0. The normalized spacial score (nSPS) is 14.6. The van der Waals surface area contributed by atoms with Crippen molar-refractivity contribution in [1.29, 1.82) is 0 Å². The topological polar surface area (TPSA) is 26.0 Å². The summed E-state index contributed by atoms with van der Waals surface area (Å²) in [5.74, 6) is 1.78. The first-order valence-electron chi connectivity index (χ1n) is 2.24. The van der Waals surface area contributed by atoms with Crippen LogP contribution in [-0.4, -0.2) is 12.2 Å². The molecule has 0 amide bonds. The minimum atomic E-state index is -4.24. The Kier molecular flexibility index (Phi) is 2.53. The van der Waals surface area contributed by atoms with Gasteiger partial charge in [-0.15, -0.1) is 6.42 Å². The fourth-order valence-corrected chi connectivity index (χ4v) is 0.308. The molecule has 1 atom stereocenters. The molecule has 0 aliphatic rings. The second-order valence-electron chi connectivity index (χ2n) is 1.59. The van der Waals surface area contributed by atoms with E-state index < -0.39 is 18.6 Å². The van der Waals surface area contributed by atoms with Gasteiger partial charge in [-0.25, -0.2) is 0 Å². The van der Waals surface area contributed by atoms with Gasteiger partial charge >= 0.3 is 6.18 Å². The second kappa shape index (κ2) is 2.74. The zero-order valence-electron chi connectivity index (χ0n) is 4.57. The molecular weight excluding hydrogens is 131 g/mol. The maximum atomic E-state index is 11.3. The van der Waals surface area contributed by atoms with E-state index in [0.29, 0.717) is 0 Å². The third kappa shape index (κ3) is 5.18. The van der Waals surface area contributed by atoms with Crippen LogP contribution in [0.1, 0.15) is 6.42 Å². The van der Waals surface area contributed by atoms with E-state index in [4.69, 9.17) is 5.73 Å². The molecule has 0 aliphatic heterocycles. The molecule has 0 aromatic carbocycles. The zero-order valence-corrected chi connectivity index (χ0v) is 4.57. The van der Waals surface area contributed by atoms with Gasteiger partial charge < -0.3 is 5.73 Å². The summed E-state index contributed by atoms with van der Waals surface area (Å²) in [7, 11) is 0. The van der Waals surface area contributed by atoms with Crippen LogP contribution in [0.3, 0.4) is 0 Å². The Hall–Kier alpha value is -0.690. The lowest BCUT2D eigenvalue weighted by Gasteiger charge is -2.06. The first-order chi connectivity index (χ1) is 3.95. The number of terminal acetylenes is 1. The fourth-order valence-electron chi connectivity index (χ4n) is 0.308.